The predicted octanol–water partition coefficient (Wildman–Crippen LogP) is 7.12. The molecule has 1 aliphatic heterocycles. The summed E-state index contributed by atoms with van der Waals surface area (Å²) in [5, 5.41) is 2.46. The zero-order valence-corrected chi connectivity index (χ0v) is 21.0. The minimum Gasteiger partial charge on any atom is -0.457 e. The number of para-hydroxylation sites is 1. The van der Waals surface area contributed by atoms with Gasteiger partial charge in [-0.05, 0) is 60.5 Å². The highest BCUT2D eigenvalue weighted by Crippen LogP contribution is 2.34. The van der Waals surface area contributed by atoms with Gasteiger partial charge in [0.15, 0.2) is 0 Å². The molecule has 0 bridgehead atoms. The highest BCUT2D eigenvalue weighted by Gasteiger charge is 2.32. The SMILES string of the molecule is O=C(CCCN1C(=O)/C(=C/c2cccc(Oc3ccccc3)c2)SC1=S)Nc1cccc(C(F)(F)F)c1. The van der Waals surface area contributed by atoms with Crippen LogP contribution in [0.5, 0.6) is 11.5 Å². The number of rotatable bonds is 8. The van der Waals surface area contributed by atoms with E-state index in [9.17, 15) is 22.8 Å². The second-order valence-corrected chi connectivity index (χ2v) is 9.73. The van der Waals surface area contributed by atoms with Crippen molar-refractivity contribution in [2.24, 2.45) is 0 Å². The third kappa shape index (κ3) is 7.21. The number of carbonyl (C=O) groups excluding carboxylic acids is 2. The summed E-state index contributed by atoms with van der Waals surface area (Å²) >= 11 is 6.52. The number of anilines is 1. The van der Waals surface area contributed by atoms with Gasteiger partial charge in [-0.15, -0.1) is 0 Å². The fourth-order valence-electron chi connectivity index (χ4n) is 3.53. The van der Waals surface area contributed by atoms with Crippen molar-refractivity contribution < 1.29 is 27.5 Å². The molecule has 3 aromatic rings. The van der Waals surface area contributed by atoms with Gasteiger partial charge in [-0.25, -0.2) is 0 Å². The molecule has 2 amide bonds. The van der Waals surface area contributed by atoms with Gasteiger partial charge in [-0.3, -0.25) is 14.5 Å². The van der Waals surface area contributed by atoms with Crippen molar-refractivity contribution in [3.05, 3.63) is 94.9 Å². The van der Waals surface area contributed by atoms with Crippen molar-refractivity contribution in [3.8, 4) is 11.5 Å². The minimum atomic E-state index is -4.49. The number of nitrogens with one attached hydrogen (secondary N) is 1. The highest BCUT2D eigenvalue weighted by atomic mass is 32.2. The smallest absolute Gasteiger partial charge is 0.416 e. The Morgan fingerprint density at radius 1 is 1.00 bits per heavy atom. The molecule has 1 fully saturated rings. The van der Waals surface area contributed by atoms with Gasteiger partial charge in [-0.1, -0.05) is 60.4 Å². The molecule has 0 aromatic heterocycles. The molecule has 10 heteroatoms. The molecule has 190 valence electrons. The Morgan fingerprint density at radius 2 is 1.73 bits per heavy atom. The van der Waals surface area contributed by atoms with E-state index < -0.39 is 17.6 Å². The summed E-state index contributed by atoms with van der Waals surface area (Å²) in [5.74, 6) is 0.614. The average Bonchev–Trinajstić information content (AvgIpc) is 3.12. The summed E-state index contributed by atoms with van der Waals surface area (Å²) in [4.78, 5) is 27.0. The third-order valence-electron chi connectivity index (χ3n) is 5.27. The Kier molecular flexibility index (Phi) is 8.30. The lowest BCUT2D eigenvalue weighted by Gasteiger charge is -2.14. The molecule has 0 unspecified atom stereocenters. The van der Waals surface area contributed by atoms with Crippen LogP contribution in [-0.2, 0) is 15.8 Å². The summed E-state index contributed by atoms with van der Waals surface area (Å²) in [5.41, 5.74) is -0.00643. The van der Waals surface area contributed by atoms with Gasteiger partial charge in [0, 0.05) is 18.7 Å². The number of benzene rings is 3. The van der Waals surface area contributed by atoms with Crippen LogP contribution >= 0.6 is 24.0 Å². The standard InChI is InChI=1S/C27H21F3N2O3S2/c28-27(29,30)19-8-5-9-20(17-19)31-24(33)13-6-14-32-25(34)23(37-26(32)36)16-18-7-4-12-22(15-18)35-21-10-2-1-3-11-21/h1-5,7-12,15-17H,6,13-14H2,(H,31,33)/b23-16-. The van der Waals surface area contributed by atoms with Crippen LogP contribution in [0.4, 0.5) is 18.9 Å². The maximum absolute atomic E-state index is 12.9. The fraction of sp³-hybridized carbons (Fsp3) is 0.148. The largest absolute Gasteiger partial charge is 0.457 e. The van der Waals surface area contributed by atoms with Crippen LogP contribution in [0.2, 0.25) is 0 Å². The van der Waals surface area contributed by atoms with Crippen molar-refractivity contribution >= 4 is 51.9 Å². The van der Waals surface area contributed by atoms with Crippen LogP contribution in [0.3, 0.4) is 0 Å². The molecule has 1 N–H and O–H groups in total. The Hall–Kier alpha value is -3.63. The molecule has 1 saturated heterocycles. The number of halogens is 3. The summed E-state index contributed by atoms with van der Waals surface area (Å²) in [6, 6.07) is 21.1. The first-order valence-electron chi connectivity index (χ1n) is 11.2. The molecule has 0 atom stereocenters. The van der Waals surface area contributed by atoms with Crippen molar-refractivity contribution in [2.45, 2.75) is 19.0 Å². The van der Waals surface area contributed by atoms with E-state index in [1.54, 1.807) is 6.08 Å². The maximum Gasteiger partial charge on any atom is 0.416 e. The number of nitrogens with zero attached hydrogens (tertiary/aromatic N) is 1. The average molecular weight is 543 g/mol. The number of hydrogen-bond donors (Lipinski definition) is 1. The molecule has 37 heavy (non-hydrogen) atoms. The van der Waals surface area contributed by atoms with E-state index in [0.717, 1.165) is 17.7 Å². The van der Waals surface area contributed by atoms with Gasteiger partial charge in [0.1, 0.15) is 15.8 Å². The second-order valence-electron chi connectivity index (χ2n) is 8.05. The van der Waals surface area contributed by atoms with Crippen molar-refractivity contribution in [1.82, 2.24) is 4.90 Å². The zero-order chi connectivity index (χ0) is 26.4. The second kappa shape index (κ2) is 11.6. The fourth-order valence-corrected chi connectivity index (χ4v) is 4.84. The monoisotopic (exact) mass is 542 g/mol. The van der Waals surface area contributed by atoms with Crippen LogP contribution in [0.15, 0.2) is 83.8 Å². The Morgan fingerprint density at radius 3 is 2.49 bits per heavy atom. The number of amides is 2. The van der Waals surface area contributed by atoms with E-state index in [1.807, 2.05) is 54.6 Å². The van der Waals surface area contributed by atoms with Crippen LogP contribution in [0, 0.1) is 0 Å². The van der Waals surface area contributed by atoms with Gasteiger partial charge in [0.2, 0.25) is 5.91 Å². The molecular weight excluding hydrogens is 521 g/mol. The van der Waals surface area contributed by atoms with E-state index in [1.165, 1.54) is 28.8 Å². The van der Waals surface area contributed by atoms with Crippen LogP contribution in [-0.4, -0.2) is 27.6 Å². The van der Waals surface area contributed by atoms with E-state index >= 15 is 0 Å². The van der Waals surface area contributed by atoms with E-state index in [0.29, 0.717) is 27.1 Å². The summed E-state index contributed by atoms with van der Waals surface area (Å²) in [7, 11) is 0. The first-order chi connectivity index (χ1) is 17.7. The molecule has 0 saturated carbocycles. The van der Waals surface area contributed by atoms with E-state index in [2.05, 4.69) is 5.32 Å². The van der Waals surface area contributed by atoms with Gasteiger partial charge >= 0.3 is 6.18 Å². The summed E-state index contributed by atoms with van der Waals surface area (Å²) in [6.07, 6.45) is -2.45. The minimum absolute atomic E-state index is 0.0191. The first-order valence-corrected chi connectivity index (χ1v) is 12.5. The maximum atomic E-state index is 12.9. The third-order valence-corrected chi connectivity index (χ3v) is 6.65. The van der Waals surface area contributed by atoms with Crippen molar-refractivity contribution in [3.63, 3.8) is 0 Å². The molecule has 0 spiro atoms. The first kappa shape index (κ1) is 26.4. The van der Waals surface area contributed by atoms with Crippen molar-refractivity contribution in [2.75, 3.05) is 11.9 Å². The highest BCUT2D eigenvalue weighted by molar-refractivity contribution is 8.26. The lowest BCUT2D eigenvalue weighted by Crippen LogP contribution is -2.29. The van der Waals surface area contributed by atoms with Gasteiger partial charge < -0.3 is 10.1 Å². The Balaban J connectivity index is 1.32. The number of alkyl halides is 3. The lowest BCUT2D eigenvalue weighted by molar-refractivity contribution is -0.137. The molecule has 5 nitrogen and oxygen atoms in total. The zero-order valence-electron chi connectivity index (χ0n) is 19.3. The molecule has 4 rings (SSSR count). The molecule has 3 aromatic carbocycles. The number of carbonyl (C=O) groups is 2. The van der Waals surface area contributed by atoms with Gasteiger partial charge in [0.25, 0.3) is 5.91 Å². The predicted molar refractivity (Wildman–Crippen MR) is 142 cm³/mol. The van der Waals surface area contributed by atoms with Crippen LogP contribution < -0.4 is 10.1 Å². The number of ether oxygens (including phenoxy) is 1. The van der Waals surface area contributed by atoms with Crippen LogP contribution in [0.25, 0.3) is 6.08 Å². The topological polar surface area (TPSA) is 58.6 Å². The normalized spacial score (nSPS) is 14.8. The molecular formula is C27H21F3N2O3S2. The Bertz CT molecular complexity index is 1340. The molecule has 0 aliphatic carbocycles. The van der Waals surface area contributed by atoms with Gasteiger partial charge in [0.05, 0.1) is 10.5 Å². The summed E-state index contributed by atoms with van der Waals surface area (Å²) in [6.45, 7) is 0.217. The molecule has 1 aliphatic rings. The number of thiocarbonyl (C=S) groups is 1. The lowest BCUT2D eigenvalue weighted by atomic mass is 10.2. The molecule has 0 radical (unpaired) electrons. The summed E-state index contributed by atoms with van der Waals surface area (Å²) < 4.78 is 44.8. The van der Waals surface area contributed by atoms with E-state index in [4.69, 9.17) is 17.0 Å². The molecule has 1 heterocycles. The van der Waals surface area contributed by atoms with Gasteiger partial charge in [-0.2, -0.15) is 13.2 Å². The number of thioether (sulfide) groups is 1. The van der Waals surface area contributed by atoms with Crippen molar-refractivity contribution in [1.29, 1.82) is 0 Å². The Labute approximate surface area is 221 Å². The van der Waals surface area contributed by atoms with E-state index in [-0.39, 0.29) is 24.6 Å². The quantitative estimate of drug-likeness (QED) is 0.243. The van der Waals surface area contributed by atoms with Crippen LogP contribution in [0.1, 0.15) is 24.0 Å². The number of hydrogen-bond acceptors (Lipinski definition) is 5.